The van der Waals surface area contributed by atoms with Gasteiger partial charge in [-0.2, -0.15) is 4.39 Å². The molecule has 0 saturated carbocycles. The van der Waals surface area contributed by atoms with Crippen LogP contribution in [0, 0.1) is 19.8 Å². The van der Waals surface area contributed by atoms with Gasteiger partial charge in [0.2, 0.25) is 11.8 Å². The van der Waals surface area contributed by atoms with Gasteiger partial charge in [-0.3, -0.25) is 4.79 Å². The number of nitrogen functional groups attached to an aromatic ring is 1. The fourth-order valence-corrected chi connectivity index (χ4v) is 2.24. The number of halogens is 1. The number of nitrogens with two attached hydrogens (primary N) is 1. The van der Waals surface area contributed by atoms with Crippen molar-refractivity contribution in [3.63, 3.8) is 0 Å². The number of nitrogens with zero attached hydrogens (tertiary/aromatic N) is 4. The Balaban J connectivity index is 1.80. The van der Waals surface area contributed by atoms with Crippen molar-refractivity contribution in [3.8, 4) is 11.6 Å². The first-order chi connectivity index (χ1) is 12.0. The van der Waals surface area contributed by atoms with Gasteiger partial charge in [0.05, 0.1) is 11.9 Å². The first-order valence-corrected chi connectivity index (χ1v) is 7.39. The molecule has 0 aliphatic carbocycles. The third kappa shape index (κ3) is 3.44. The van der Waals surface area contributed by atoms with Gasteiger partial charge < -0.3 is 15.5 Å². The highest BCUT2D eigenvalue weighted by atomic mass is 19.1. The van der Waals surface area contributed by atoms with Crippen molar-refractivity contribution in [3.05, 3.63) is 53.2 Å². The van der Waals surface area contributed by atoms with Gasteiger partial charge in [-0.1, -0.05) is 0 Å². The van der Waals surface area contributed by atoms with Crippen LogP contribution in [0.5, 0.6) is 0 Å². The molecular formula is C16H15FN6O2. The van der Waals surface area contributed by atoms with Crippen LogP contribution in [0.1, 0.15) is 27.3 Å². The average molecular weight is 342 g/mol. The third-order valence-electron chi connectivity index (χ3n) is 3.43. The van der Waals surface area contributed by atoms with E-state index < -0.39 is 11.9 Å². The van der Waals surface area contributed by atoms with Crippen LogP contribution in [0.3, 0.4) is 0 Å². The first-order valence-electron chi connectivity index (χ1n) is 7.39. The van der Waals surface area contributed by atoms with Crippen molar-refractivity contribution in [2.75, 3.05) is 5.73 Å². The Bertz CT molecular complexity index is 927. The second-order valence-corrected chi connectivity index (χ2v) is 5.37. The Morgan fingerprint density at radius 1 is 1.32 bits per heavy atom. The van der Waals surface area contributed by atoms with Crippen molar-refractivity contribution < 1.29 is 13.6 Å². The lowest BCUT2D eigenvalue weighted by molar-refractivity contribution is 0.0946. The Morgan fingerprint density at radius 2 is 2.12 bits per heavy atom. The van der Waals surface area contributed by atoms with E-state index in [0.29, 0.717) is 11.4 Å². The summed E-state index contributed by atoms with van der Waals surface area (Å²) >= 11 is 0. The van der Waals surface area contributed by atoms with Gasteiger partial charge in [0, 0.05) is 18.3 Å². The zero-order chi connectivity index (χ0) is 18.0. The van der Waals surface area contributed by atoms with E-state index in [0.717, 1.165) is 5.56 Å². The van der Waals surface area contributed by atoms with Gasteiger partial charge >= 0.3 is 0 Å². The fourth-order valence-electron chi connectivity index (χ4n) is 2.24. The van der Waals surface area contributed by atoms with Gasteiger partial charge in [0.25, 0.3) is 5.91 Å². The number of rotatable bonds is 4. The molecule has 0 bridgehead atoms. The van der Waals surface area contributed by atoms with Crippen LogP contribution < -0.4 is 11.1 Å². The van der Waals surface area contributed by atoms with Gasteiger partial charge in [0.15, 0.2) is 11.5 Å². The molecule has 0 fully saturated rings. The molecule has 0 aliphatic heterocycles. The minimum atomic E-state index is -0.639. The molecule has 0 aromatic carbocycles. The van der Waals surface area contributed by atoms with E-state index in [1.807, 2.05) is 0 Å². The maximum atomic E-state index is 13.6. The van der Waals surface area contributed by atoms with Crippen molar-refractivity contribution in [2.24, 2.45) is 0 Å². The summed E-state index contributed by atoms with van der Waals surface area (Å²) in [5.41, 5.74) is 7.63. The molecule has 3 heterocycles. The Morgan fingerprint density at radius 3 is 2.84 bits per heavy atom. The minimum absolute atomic E-state index is 0.0407. The lowest BCUT2D eigenvalue weighted by atomic mass is 10.2. The zero-order valence-corrected chi connectivity index (χ0v) is 13.6. The molecule has 25 heavy (non-hydrogen) atoms. The molecule has 3 N–H and O–H groups in total. The number of aryl methyl sites for hydroxylation is 2. The number of nitrogens with one attached hydrogen (secondary N) is 1. The molecule has 9 heteroatoms. The van der Waals surface area contributed by atoms with Crippen LogP contribution >= 0.6 is 0 Å². The van der Waals surface area contributed by atoms with Crippen molar-refractivity contribution in [1.82, 2.24) is 25.3 Å². The SMILES string of the molecule is Cc1cnc(F)c(CNC(=O)c2nc(C)c(-c3ncco3)nc2N)c1. The maximum Gasteiger partial charge on any atom is 0.274 e. The van der Waals surface area contributed by atoms with Crippen molar-refractivity contribution in [2.45, 2.75) is 20.4 Å². The number of anilines is 1. The van der Waals surface area contributed by atoms with Crippen LogP contribution in [-0.2, 0) is 6.54 Å². The van der Waals surface area contributed by atoms with E-state index >= 15 is 0 Å². The number of carbonyl (C=O) groups excluding carboxylic acids is 1. The molecular weight excluding hydrogens is 327 g/mol. The van der Waals surface area contributed by atoms with E-state index in [9.17, 15) is 9.18 Å². The largest absolute Gasteiger partial charge is 0.443 e. The highest BCUT2D eigenvalue weighted by Gasteiger charge is 2.19. The lowest BCUT2D eigenvalue weighted by Gasteiger charge is -2.09. The normalized spacial score (nSPS) is 10.7. The standard InChI is InChI=1S/C16H15FN6O2/c1-8-5-10(13(17)20-6-8)7-21-15(24)12-14(18)23-11(9(2)22-12)16-19-3-4-25-16/h3-6H,7H2,1-2H3,(H2,18,23)(H,21,24). The molecule has 3 aromatic rings. The first kappa shape index (κ1) is 16.5. The molecule has 0 unspecified atom stereocenters. The van der Waals surface area contributed by atoms with E-state index in [-0.39, 0.29) is 29.5 Å². The van der Waals surface area contributed by atoms with Crippen LogP contribution in [-0.4, -0.2) is 25.8 Å². The number of hydrogen-bond acceptors (Lipinski definition) is 7. The Kier molecular flexibility index (Phi) is 4.38. The number of aromatic nitrogens is 4. The van der Waals surface area contributed by atoms with Gasteiger partial charge in [-0.15, -0.1) is 0 Å². The smallest absolute Gasteiger partial charge is 0.274 e. The molecule has 0 spiro atoms. The monoisotopic (exact) mass is 342 g/mol. The molecule has 0 atom stereocenters. The summed E-state index contributed by atoms with van der Waals surface area (Å²) in [5.74, 6) is -1.01. The highest BCUT2D eigenvalue weighted by Crippen LogP contribution is 2.20. The molecule has 1 amide bonds. The van der Waals surface area contributed by atoms with E-state index in [1.54, 1.807) is 19.9 Å². The average Bonchev–Trinajstić information content (AvgIpc) is 3.11. The summed E-state index contributed by atoms with van der Waals surface area (Å²) in [5, 5.41) is 2.57. The summed E-state index contributed by atoms with van der Waals surface area (Å²) in [4.78, 5) is 28.2. The summed E-state index contributed by atoms with van der Waals surface area (Å²) in [6, 6.07) is 1.61. The molecule has 0 radical (unpaired) electrons. The van der Waals surface area contributed by atoms with Crippen LogP contribution in [0.2, 0.25) is 0 Å². The fraction of sp³-hybridized carbons (Fsp3) is 0.188. The number of hydrogen-bond donors (Lipinski definition) is 2. The molecule has 0 saturated heterocycles. The van der Waals surface area contributed by atoms with E-state index in [2.05, 4.69) is 25.3 Å². The van der Waals surface area contributed by atoms with E-state index in [4.69, 9.17) is 10.2 Å². The molecule has 128 valence electrons. The number of carbonyl (C=O) groups is 1. The second kappa shape index (κ2) is 6.63. The summed E-state index contributed by atoms with van der Waals surface area (Å²) < 4.78 is 18.8. The molecule has 3 rings (SSSR count). The predicted octanol–water partition coefficient (Wildman–Crippen LogP) is 1.79. The molecule has 3 aromatic heterocycles. The number of pyridine rings is 1. The van der Waals surface area contributed by atoms with Gasteiger partial charge in [0.1, 0.15) is 12.0 Å². The Hall–Kier alpha value is -3.36. The van der Waals surface area contributed by atoms with Crippen LogP contribution in [0.25, 0.3) is 11.6 Å². The van der Waals surface area contributed by atoms with Crippen molar-refractivity contribution in [1.29, 1.82) is 0 Å². The quantitative estimate of drug-likeness (QED) is 0.694. The number of oxazole rings is 1. The number of amides is 1. The second-order valence-electron chi connectivity index (χ2n) is 5.37. The highest BCUT2D eigenvalue weighted by molar-refractivity contribution is 5.96. The molecule has 0 aliphatic rings. The summed E-state index contributed by atoms with van der Waals surface area (Å²) in [6.07, 6.45) is 4.28. The molecule has 8 nitrogen and oxygen atoms in total. The van der Waals surface area contributed by atoms with Crippen LogP contribution in [0.15, 0.2) is 29.1 Å². The van der Waals surface area contributed by atoms with Crippen molar-refractivity contribution >= 4 is 11.7 Å². The minimum Gasteiger partial charge on any atom is -0.443 e. The zero-order valence-electron chi connectivity index (χ0n) is 13.6. The van der Waals surface area contributed by atoms with Crippen LogP contribution in [0.4, 0.5) is 10.2 Å². The predicted molar refractivity (Wildman–Crippen MR) is 86.8 cm³/mol. The lowest BCUT2D eigenvalue weighted by Crippen LogP contribution is -2.26. The van der Waals surface area contributed by atoms with E-state index in [1.165, 1.54) is 18.7 Å². The topological polar surface area (TPSA) is 120 Å². The summed E-state index contributed by atoms with van der Waals surface area (Å²) in [6.45, 7) is 3.40. The third-order valence-corrected chi connectivity index (χ3v) is 3.43. The maximum absolute atomic E-state index is 13.6. The van der Waals surface area contributed by atoms with Gasteiger partial charge in [-0.05, 0) is 25.5 Å². The Labute approximate surface area is 142 Å². The van der Waals surface area contributed by atoms with Gasteiger partial charge in [-0.25, -0.2) is 19.9 Å². The summed E-state index contributed by atoms with van der Waals surface area (Å²) in [7, 11) is 0.